The lowest BCUT2D eigenvalue weighted by molar-refractivity contribution is -0.131. The van der Waals surface area contributed by atoms with Crippen molar-refractivity contribution in [1.29, 1.82) is 0 Å². The highest BCUT2D eigenvalue weighted by atomic mass is 32.1. The summed E-state index contributed by atoms with van der Waals surface area (Å²) in [6.07, 6.45) is 6.54. The smallest absolute Gasteiger partial charge is 0.241 e. The van der Waals surface area contributed by atoms with E-state index in [-0.39, 0.29) is 12.2 Å². The van der Waals surface area contributed by atoms with E-state index in [0.29, 0.717) is 5.91 Å². The van der Waals surface area contributed by atoms with Crippen LogP contribution in [0, 0.1) is 17.8 Å². The molecular weight excluding hydrogens is 280 g/mol. The molecule has 3 aliphatic rings. The molecule has 0 aromatic carbocycles. The maximum Gasteiger partial charge on any atom is 0.241 e. The first-order valence-corrected chi connectivity index (χ1v) is 9.25. The van der Waals surface area contributed by atoms with E-state index in [9.17, 15) is 4.79 Å². The number of hydrogen-bond donors (Lipinski definition) is 1. The Labute approximate surface area is 130 Å². The largest absolute Gasteiger partial charge is 0.320 e. The number of nitrogens with one attached hydrogen (secondary N) is 1. The minimum Gasteiger partial charge on any atom is -0.320 e. The van der Waals surface area contributed by atoms with Gasteiger partial charge in [0.1, 0.15) is 6.17 Å². The molecule has 3 nitrogen and oxygen atoms in total. The molecule has 2 unspecified atom stereocenters. The van der Waals surface area contributed by atoms with Gasteiger partial charge in [-0.3, -0.25) is 10.1 Å². The van der Waals surface area contributed by atoms with Gasteiger partial charge in [-0.2, -0.15) is 0 Å². The van der Waals surface area contributed by atoms with Crippen molar-refractivity contribution >= 4 is 17.2 Å². The van der Waals surface area contributed by atoms with Gasteiger partial charge in [0.15, 0.2) is 0 Å². The van der Waals surface area contributed by atoms with Crippen molar-refractivity contribution in [3.63, 3.8) is 0 Å². The molecule has 2 atom stereocenters. The van der Waals surface area contributed by atoms with Gasteiger partial charge < -0.3 is 4.90 Å². The van der Waals surface area contributed by atoms with Crippen molar-refractivity contribution in [1.82, 2.24) is 10.2 Å². The third kappa shape index (κ3) is 2.64. The van der Waals surface area contributed by atoms with Crippen molar-refractivity contribution in [2.24, 2.45) is 17.8 Å². The molecule has 2 aliphatic carbocycles. The van der Waals surface area contributed by atoms with Gasteiger partial charge in [0.05, 0.1) is 6.04 Å². The fraction of sp³-hybridized carbons (Fsp3) is 0.706. The Morgan fingerprint density at radius 1 is 1.33 bits per heavy atom. The Morgan fingerprint density at radius 3 is 2.57 bits per heavy atom. The second-order valence-corrected chi connectivity index (χ2v) is 7.85. The Balaban J connectivity index is 1.55. The standard InChI is InChI=1S/C17H24N2OS/c1-2-14-17(20)19(16(18-14)15-4-3-9-21-15)10-13(11-5-6-11)12-7-8-12/h3-4,9,11-14,16,18H,2,5-8,10H2,1H3. The average Bonchev–Trinajstić information content (AvgIpc) is 3.42. The number of rotatable bonds is 6. The SMILES string of the molecule is CCC1NC(c2cccs2)N(CC(C2CC2)C2CC2)C1=O. The third-order valence-corrected chi connectivity index (χ3v) is 6.26. The van der Waals surface area contributed by atoms with Crippen LogP contribution in [0.1, 0.15) is 50.1 Å². The molecule has 4 rings (SSSR count). The number of amides is 1. The van der Waals surface area contributed by atoms with E-state index in [1.165, 1.54) is 30.6 Å². The molecule has 3 fully saturated rings. The lowest BCUT2D eigenvalue weighted by Crippen LogP contribution is -2.36. The van der Waals surface area contributed by atoms with E-state index < -0.39 is 0 Å². The topological polar surface area (TPSA) is 32.3 Å². The van der Waals surface area contributed by atoms with Crippen LogP contribution in [0.2, 0.25) is 0 Å². The normalized spacial score (nSPS) is 29.6. The van der Waals surface area contributed by atoms with Crippen LogP contribution in [0.15, 0.2) is 17.5 Å². The van der Waals surface area contributed by atoms with Crippen LogP contribution in [0.25, 0.3) is 0 Å². The van der Waals surface area contributed by atoms with E-state index in [0.717, 1.165) is 30.7 Å². The molecule has 2 saturated carbocycles. The van der Waals surface area contributed by atoms with E-state index in [2.05, 4.69) is 34.7 Å². The summed E-state index contributed by atoms with van der Waals surface area (Å²) in [7, 11) is 0. The molecule has 0 radical (unpaired) electrons. The summed E-state index contributed by atoms with van der Waals surface area (Å²) in [6, 6.07) is 4.25. The van der Waals surface area contributed by atoms with Gasteiger partial charge in [0.2, 0.25) is 5.91 Å². The van der Waals surface area contributed by atoms with Crippen LogP contribution in [0.4, 0.5) is 0 Å². The average molecular weight is 304 g/mol. The molecule has 0 bridgehead atoms. The minimum absolute atomic E-state index is 0.0103. The minimum atomic E-state index is 0.0103. The van der Waals surface area contributed by atoms with Crippen molar-refractivity contribution in [3.8, 4) is 0 Å². The third-order valence-electron chi connectivity index (χ3n) is 5.34. The Morgan fingerprint density at radius 2 is 2.05 bits per heavy atom. The lowest BCUT2D eigenvalue weighted by Gasteiger charge is -2.28. The fourth-order valence-electron chi connectivity index (χ4n) is 3.81. The van der Waals surface area contributed by atoms with Gasteiger partial charge in [-0.25, -0.2) is 0 Å². The van der Waals surface area contributed by atoms with E-state index >= 15 is 0 Å². The van der Waals surface area contributed by atoms with Gasteiger partial charge in [-0.1, -0.05) is 13.0 Å². The Hall–Kier alpha value is -0.870. The van der Waals surface area contributed by atoms with Crippen LogP contribution >= 0.6 is 11.3 Å². The molecule has 114 valence electrons. The quantitative estimate of drug-likeness (QED) is 0.873. The predicted octanol–water partition coefficient (Wildman–Crippen LogP) is 3.39. The summed E-state index contributed by atoms with van der Waals surface area (Å²) in [5.41, 5.74) is 0. The first-order chi connectivity index (χ1) is 10.3. The van der Waals surface area contributed by atoms with Crippen molar-refractivity contribution in [2.75, 3.05) is 6.54 Å². The molecular formula is C17H24N2OS. The van der Waals surface area contributed by atoms with Gasteiger partial charge in [0.25, 0.3) is 0 Å². The number of carbonyl (C=O) groups excluding carboxylic acids is 1. The summed E-state index contributed by atoms with van der Waals surface area (Å²) < 4.78 is 0. The highest BCUT2D eigenvalue weighted by Crippen LogP contribution is 2.50. The van der Waals surface area contributed by atoms with Crippen molar-refractivity contribution in [2.45, 2.75) is 51.2 Å². The van der Waals surface area contributed by atoms with E-state index in [1.54, 1.807) is 11.3 Å². The van der Waals surface area contributed by atoms with Crippen molar-refractivity contribution < 1.29 is 4.79 Å². The second kappa shape index (κ2) is 5.40. The van der Waals surface area contributed by atoms with E-state index in [4.69, 9.17) is 0 Å². The van der Waals surface area contributed by atoms with Gasteiger partial charge in [0, 0.05) is 11.4 Å². The molecule has 1 aliphatic heterocycles. The molecule has 1 amide bonds. The molecule has 1 N–H and O–H groups in total. The lowest BCUT2D eigenvalue weighted by atomic mass is 9.97. The summed E-state index contributed by atoms with van der Waals surface area (Å²) in [6.45, 7) is 3.07. The zero-order valence-corrected chi connectivity index (χ0v) is 13.4. The monoisotopic (exact) mass is 304 g/mol. The molecule has 2 heterocycles. The molecule has 0 spiro atoms. The molecule has 1 saturated heterocycles. The Bertz CT molecular complexity index is 495. The molecule has 1 aromatic heterocycles. The zero-order chi connectivity index (χ0) is 14.4. The van der Waals surface area contributed by atoms with Crippen LogP contribution < -0.4 is 5.32 Å². The Kier molecular flexibility index (Phi) is 3.54. The van der Waals surface area contributed by atoms with Crippen molar-refractivity contribution in [3.05, 3.63) is 22.4 Å². The van der Waals surface area contributed by atoms with E-state index in [1.807, 2.05) is 0 Å². The van der Waals surface area contributed by atoms with Gasteiger partial charge >= 0.3 is 0 Å². The maximum absolute atomic E-state index is 12.7. The summed E-state index contributed by atoms with van der Waals surface area (Å²) >= 11 is 1.76. The van der Waals surface area contributed by atoms with Gasteiger partial charge in [-0.15, -0.1) is 11.3 Å². The summed E-state index contributed by atoms with van der Waals surface area (Å²) in [5.74, 6) is 2.88. The first-order valence-electron chi connectivity index (χ1n) is 8.38. The second-order valence-electron chi connectivity index (χ2n) is 6.87. The highest BCUT2D eigenvalue weighted by Gasteiger charge is 2.46. The molecule has 4 heteroatoms. The number of nitrogens with zero attached hydrogens (tertiary/aromatic N) is 1. The van der Waals surface area contributed by atoms with Crippen LogP contribution in [-0.2, 0) is 4.79 Å². The van der Waals surface area contributed by atoms with Crippen LogP contribution in [0.5, 0.6) is 0 Å². The maximum atomic E-state index is 12.7. The predicted molar refractivity (Wildman–Crippen MR) is 84.9 cm³/mol. The fourth-order valence-corrected chi connectivity index (χ4v) is 4.60. The molecule has 1 aromatic rings. The van der Waals surface area contributed by atoms with Gasteiger partial charge in [-0.05, 0) is 61.3 Å². The number of thiophene rings is 1. The van der Waals surface area contributed by atoms with Crippen LogP contribution in [0.3, 0.4) is 0 Å². The number of carbonyl (C=O) groups is 1. The summed E-state index contributed by atoms with van der Waals surface area (Å²) in [4.78, 5) is 16.2. The summed E-state index contributed by atoms with van der Waals surface area (Å²) in [5, 5.41) is 5.66. The number of hydrogen-bond acceptors (Lipinski definition) is 3. The highest BCUT2D eigenvalue weighted by molar-refractivity contribution is 7.10. The first kappa shape index (κ1) is 13.8. The molecule has 21 heavy (non-hydrogen) atoms. The van der Waals surface area contributed by atoms with Crippen LogP contribution in [-0.4, -0.2) is 23.4 Å². The zero-order valence-electron chi connectivity index (χ0n) is 12.6.